The molecule has 95 heavy (non-hydrogen) atoms. The molecule has 10 heteroatoms. The molecule has 9 nitrogen and oxygen atoms in total. The topological polar surface area (TPSA) is 75.0 Å². The molecule has 10 aromatic carbocycles. The lowest BCUT2D eigenvalue weighted by Gasteiger charge is -2.40. The van der Waals surface area contributed by atoms with E-state index in [9.17, 15) is 0 Å². The molecule has 4 heterocycles. The van der Waals surface area contributed by atoms with Gasteiger partial charge in [0.1, 0.15) is 11.2 Å². The van der Waals surface area contributed by atoms with E-state index in [1.807, 2.05) is 11.3 Å². The van der Waals surface area contributed by atoms with Crippen LogP contribution in [0.4, 0.5) is 34.1 Å². The summed E-state index contributed by atoms with van der Waals surface area (Å²) < 4.78 is 45.9. The van der Waals surface area contributed by atoms with E-state index >= 15 is 0 Å². The molecule has 12 aromatic rings. The zero-order valence-electron chi connectivity index (χ0n) is 54.6. The highest BCUT2D eigenvalue weighted by molar-refractivity contribution is 7.26. The summed E-state index contributed by atoms with van der Waals surface area (Å²) in [7, 11) is 0. The number of benzene rings is 10. The molecule has 2 aromatic heterocycles. The van der Waals surface area contributed by atoms with Crippen molar-refractivity contribution in [1.82, 2.24) is 0 Å². The molecule has 16 rings (SSSR count). The van der Waals surface area contributed by atoms with Crippen molar-refractivity contribution in [2.75, 3.05) is 75.9 Å². The largest absolute Gasteiger partial charge is 0.455 e. The minimum absolute atomic E-state index is 0.224. The van der Waals surface area contributed by atoms with Crippen LogP contribution in [0.5, 0.6) is 0 Å². The van der Waals surface area contributed by atoms with Crippen LogP contribution in [0.3, 0.4) is 0 Å². The van der Waals surface area contributed by atoms with Gasteiger partial charge in [0.2, 0.25) is 0 Å². The Morgan fingerprint density at radius 2 is 0.863 bits per heavy atom. The summed E-state index contributed by atoms with van der Waals surface area (Å²) in [4.78, 5) is 4.95. The van der Waals surface area contributed by atoms with Crippen LogP contribution in [0.25, 0.3) is 64.4 Å². The van der Waals surface area contributed by atoms with Crippen molar-refractivity contribution >= 4 is 87.6 Å². The molecule has 0 unspecified atom stereocenters. The second-order valence-corrected chi connectivity index (χ2v) is 27.8. The number of rotatable bonds is 28. The van der Waals surface area contributed by atoms with E-state index in [0.29, 0.717) is 26.4 Å². The summed E-state index contributed by atoms with van der Waals surface area (Å²) >= 11 is 1.88. The molecule has 0 atom stereocenters. The summed E-state index contributed by atoms with van der Waals surface area (Å²) in [6.07, 6.45) is 8.43. The zero-order chi connectivity index (χ0) is 63.8. The van der Waals surface area contributed by atoms with E-state index in [2.05, 4.69) is 242 Å². The molecule has 2 fully saturated rings. The summed E-state index contributed by atoms with van der Waals surface area (Å²) in [5.74, 6) is 0. The fourth-order valence-corrected chi connectivity index (χ4v) is 16.6. The van der Waals surface area contributed by atoms with E-state index < -0.39 is 5.41 Å². The smallest absolute Gasteiger partial charge is 0.145 e. The lowest BCUT2D eigenvalue weighted by molar-refractivity contribution is -0.150. The number of unbranched alkanes of at least 4 members (excludes halogenated alkanes) is 4. The monoisotopic (exact) mass is 1270 g/mol. The zero-order valence-corrected chi connectivity index (χ0v) is 55.4. The molecule has 480 valence electrons. The number of hydrogen-bond donors (Lipinski definition) is 0. The summed E-state index contributed by atoms with van der Waals surface area (Å²) in [6.45, 7) is 13.4. The van der Waals surface area contributed by atoms with Gasteiger partial charge in [-0.15, -0.1) is 11.3 Å². The maximum atomic E-state index is 7.59. The van der Waals surface area contributed by atoms with Gasteiger partial charge in [-0.3, -0.25) is 0 Å². The van der Waals surface area contributed by atoms with E-state index in [-0.39, 0.29) is 10.8 Å². The van der Waals surface area contributed by atoms with E-state index in [0.717, 1.165) is 177 Å². The van der Waals surface area contributed by atoms with Gasteiger partial charge in [-0.25, -0.2) is 0 Å². The Hall–Kier alpha value is -8.42. The molecule has 0 N–H and O–H groups in total. The van der Waals surface area contributed by atoms with E-state index in [1.165, 1.54) is 59.1 Å². The Labute approximate surface area is 561 Å². The molecule has 0 saturated carbocycles. The third-order valence-electron chi connectivity index (χ3n) is 20.8. The highest BCUT2D eigenvalue weighted by Crippen LogP contribution is 2.68. The van der Waals surface area contributed by atoms with Crippen molar-refractivity contribution in [3.05, 3.63) is 252 Å². The number of ether oxygens (including phenoxy) is 6. The van der Waals surface area contributed by atoms with Gasteiger partial charge in [0, 0.05) is 86.4 Å². The second kappa shape index (κ2) is 26.6. The van der Waals surface area contributed by atoms with E-state index in [4.69, 9.17) is 32.8 Å². The highest BCUT2D eigenvalue weighted by atomic mass is 32.1. The first-order chi connectivity index (χ1) is 47.0. The highest BCUT2D eigenvalue weighted by Gasteiger charge is 2.54. The number of thiophene rings is 1. The van der Waals surface area contributed by atoms with Gasteiger partial charge < -0.3 is 42.6 Å². The van der Waals surface area contributed by atoms with Crippen molar-refractivity contribution in [3.63, 3.8) is 0 Å². The van der Waals surface area contributed by atoms with Crippen LogP contribution < -0.4 is 9.80 Å². The normalized spacial score (nSPS) is 15.3. The van der Waals surface area contributed by atoms with E-state index in [1.54, 1.807) is 0 Å². The minimum atomic E-state index is -0.786. The van der Waals surface area contributed by atoms with Crippen molar-refractivity contribution < 1.29 is 32.8 Å². The van der Waals surface area contributed by atoms with Crippen molar-refractivity contribution in [2.24, 2.45) is 10.8 Å². The summed E-state index contributed by atoms with van der Waals surface area (Å²) in [6, 6.07) is 81.0. The third kappa shape index (κ3) is 11.1. The van der Waals surface area contributed by atoms with Crippen LogP contribution in [0.2, 0.25) is 0 Å². The number of furan rings is 1. The number of anilines is 6. The first kappa shape index (κ1) is 61.5. The molecule has 2 aliphatic carbocycles. The average Bonchev–Trinajstić information content (AvgIpc) is 1.49. The van der Waals surface area contributed by atoms with Crippen LogP contribution in [0, 0.1) is 10.8 Å². The Bertz CT molecular complexity index is 4630. The van der Waals surface area contributed by atoms with Gasteiger partial charge in [-0.2, -0.15) is 0 Å². The van der Waals surface area contributed by atoms with Crippen LogP contribution in [-0.2, 0) is 47.0 Å². The Morgan fingerprint density at radius 1 is 0.411 bits per heavy atom. The van der Waals surface area contributed by atoms with Crippen LogP contribution in [0.15, 0.2) is 223 Å². The molecule has 0 amide bonds. The third-order valence-corrected chi connectivity index (χ3v) is 22.0. The van der Waals surface area contributed by atoms with Gasteiger partial charge >= 0.3 is 0 Å². The average molecular weight is 1280 g/mol. The quantitative estimate of drug-likeness (QED) is 0.0446. The Kier molecular flexibility index (Phi) is 17.2. The lowest BCUT2D eigenvalue weighted by Crippen LogP contribution is -2.45. The first-order valence-corrected chi connectivity index (χ1v) is 35.3. The molecule has 0 radical (unpaired) electrons. The van der Waals surface area contributed by atoms with Gasteiger partial charge in [0.25, 0.3) is 0 Å². The maximum Gasteiger partial charge on any atom is 0.145 e. The van der Waals surface area contributed by atoms with Crippen molar-refractivity contribution in [3.8, 4) is 22.3 Å². The molecule has 2 aliphatic heterocycles. The maximum absolute atomic E-state index is 7.59. The van der Waals surface area contributed by atoms with Gasteiger partial charge in [0.05, 0.1) is 79.7 Å². The van der Waals surface area contributed by atoms with Crippen LogP contribution in [0.1, 0.15) is 98.6 Å². The molecule has 2 saturated heterocycles. The van der Waals surface area contributed by atoms with Crippen LogP contribution >= 0.6 is 11.3 Å². The Morgan fingerprint density at radius 3 is 1.40 bits per heavy atom. The predicted molar refractivity (Wildman–Crippen MR) is 388 cm³/mol. The number of nitrogens with zero attached hydrogens (tertiary/aromatic N) is 2. The standard InChI is InChI=1S/C85H82N2O7S/c1-3-83(55-92-56-83)53-90-47-23-7-21-45-88-51-59-37-41-63(42-38-59)86(61-25-9-5-10-26-61)73-49-72-80(81-77(73)67-31-15-19-35-75(67)94-81)79-71(85(72)69-33-17-13-29-65(69)66-30-14-18-34-70(66)85)50-74(82-78(79)68-32-16-20-36-76(68)95-82)87(62-27-11-6-12-28-62)64-43-39-60(40-44-64)52-89-46-22-8-24-48-91-54-84(4-2)57-93-58-84/h5-6,9-20,25-44,49-50H,3-4,7-8,21-24,45-48,51-58H2,1-2H3. The van der Waals surface area contributed by atoms with Gasteiger partial charge in [-0.05, 0) is 174 Å². The first-order valence-electron chi connectivity index (χ1n) is 34.5. The molecular weight excluding hydrogens is 1190 g/mol. The number of hydrogen-bond acceptors (Lipinski definition) is 10. The van der Waals surface area contributed by atoms with Crippen LogP contribution in [-0.4, -0.2) is 66.1 Å². The van der Waals surface area contributed by atoms with Crippen molar-refractivity contribution in [1.29, 1.82) is 0 Å². The second-order valence-electron chi connectivity index (χ2n) is 26.8. The predicted octanol–water partition coefficient (Wildman–Crippen LogP) is 21.5. The number of fused-ring (bicyclic) bond motifs is 18. The summed E-state index contributed by atoms with van der Waals surface area (Å²) in [5.41, 5.74) is 19.9. The fourth-order valence-electron chi connectivity index (χ4n) is 15.3. The lowest BCUT2D eigenvalue weighted by atomic mass is 9.70. The number of para-hydroxylation sites is 3. The SMILES string of the molecule is CCC1(COCCCCCOCc2ccc(N(c3ccccc3)c3cc4c(c5c3sc3ccccc35)-c3c(cc(N(c5ccccc5)c5ccc(COCCCCCOCC6(CC)COC6)cc5)c5c3oc3ccccc35)C43c4ccccc4-c4ccccc43)cc2)COC1. The van der Waals surface area contributed by atoms with Gasteiger partial charge in [-0.1, -0.05) is 159 Å². The molecule has 1 spiro atoms. The molecule has 0 bridgehead atoms. The van der Waals surface area contributed by atoms with Gasteiger partial charge in [0.15, 0.2) is 0 Å². The fraction of sp³-hybridized carbons (Fsp3) is 0.294. The Balaban J connectivity index is 0.800. The summed E-state index contributed by atoms with van der Waals surface area (Å²) in [5, 5.41) is 4.60. The van der Waals surface area contributed by atoms with Crippen molar-refractivity contribution in [2.45, 2.75) is 83.8 Å². The minimum Gasteiger partial charge on any atom is -0.455 e. The molecular formula is C85H82N2O7S. The molecule has 4 aliphatic rings.